The lowest BCUT2D eigenvalue weighted by Crippen LogP contribution is -2.76. The number of methoxy groups -OCH3 is 1. The molecule has 3 aliphatic carbocycles. The van der Waals surface area contributed by atoms with E-state index < -0.39 is 46.1 Å². The number of nitrogens with zero attached hydrogens (tertiary/aromatic N) is 6. The minimum Gasteiger partial charge on any atom is -0.467 e. The highest BCUT2D eigenvalue weighted by atomic mass is 19.3. The third kappa shape index (κ3) is 2.68. The highest BCUT2D eigenvalue weighted by Crippen LogP contribution is 2.80. The van der Waals surface area contributed by atoms with Crippen molar-refractivity contribution in [3.63, 3.8) is 0 Å². The Labute approximate surface area is 179 Å². The Bertz CT molecular complexity index is 1140. The first-order chi connectivity index (χ1) is 15.1. The van der Waals surface area contributed by atoms with Crippen LogP contribution in [0.2, 0.25) is 0 Å². The summed E-state index contributed by atoms with van der Waals surface area (Å²) in [5, 5.41) is 21.6. The van der Waals surface area contributed by atoms with E-state index in [0.29, 0.717) is 11.6 Å². The van der Waals surface area contributed by atoms with Crippen molar-refractivity contribution in [3.05, 3.63) is 59.7 Å². The predicted molar refractivity (Wildman–Crippen MR) is 99.6 cm³/mol. The van der Waals surface area contributed by atoms with Crippen LogP contribution >= 0.6 is 0 Å². The Balaban J connectivity index is 1.49. The summed E-state index contributed by atoms with van der Waals surface area (Å²) < 4.78 is 66.0. The molecular formula is C20H18F4N6O2. The smallest absolute Gasteiger partial charge is 0.316 e. The third-order valence-electron chi connectivity index (χ3n) is 6.80. The van der Waals surface area contributed by atoms with Crippen molar-refractivity contribution in [2.24, 2.45) is 5.41 Å². The predicted octanol–water partition coefficient (Wildman–Crippen LogP) is 2.39. The van der Waals surface area contributed by atoms with Crippen molar-refractivity contribution in [2.75, 3.05) is 7.11 Å². The first-order valence-corrected chi connectivity index (χ1v) is 9.78. The molecule has 12 heteroatoms. The number of tetrazole rings is 1. The molecule has 3 saturated carbocycles. The molecule has 168 valence electrons. The van der Waals surface area contributed by atoms with E-state index in [0.717, 1.165) is 23.1 Å². The lowest BCUT2D eigenvalue weighted by atomic mass is 9.31. The molecular weight excluding hydrogens is 432 g/mol. The van der Waals surface area contributed by atoms with Gasteiger partial charge in [-0.15, -0.1) is 5.10 Å². The molecule has 2 bridgehead atoms. The van der Waals surface area contributed by atoms with Crippen molar-refractivity contribution < 1.29 is 27.4 Å². The molecule has 1 aromatic carbocycles. The van der Waals surface area contributed by atoms with Crippen LogP contribution in [0.1, 0.15) is 30.4 Å². The second kappa shape index (κ2) is 6.67. The molecule has 2 aromatic heterocycles. The van der Waals surface area contributed by atoms with Gasteiger partial charge in [0.2, 0.25) is 0 Å². The van der Waals surface area contributed by atoms with Gasteiger partial charge in [-0.05, 0) is 47.4 Å². The fourth-order valence-corrected chi connectivity index (χ4v) is 5.23. The summed E-state index contributed by atoms with van der Waals surface area (Å²) in [7, 11) is 1.42. The summed E-state index contributed by atoms with van der Waals surface area (Å²) in [6.07, 6.45) is 4.30. The van der Waals surface area contributed by atoms with E-state index in [4.69, 9.17) is 4.74 Å². The van der Waals surface area contributed by atoms with Gasteiger partial charge in [0, 0.05) is 34.9 Å². The molecule has 2 heterocycles. The van der Waals surface area contributed by atoms with Crippen molar-refractivity contribution in [1.82, 2.24) is 30.2 Å². The van der Waals surface area contributed by atoms with Crippen molar-refractivity contribution in [1.29, 1.82) is 0 Å². The van der Waals surface area contributed by atoms with E-state index in [1.807, 2.05) is 0 Å². The summed E-state index contributed by atoms with van der Waals surface area (Å²) in [5.74, 6) is -5.99. The van der Waals surface area contributed by atoms with Crippen LogP contribution in [0.5, 0.6) is 6.01 Å². The normalized spacial score (nSPS) is 26.1. The van der Waals surface area contributed by atoms with E-state index in [-0.39, 0.29) is 25.3 Å². The molecule has 3 fully saturated rings. The first kappa shape index (κ1) is 20.7. The van der Waals surface area contributed by atoms with Crippen LogP contribution in [0.15, 0.2) is 36.9 Å². The van der Waals surface area contributed by atoms with Gasteiger partial charge in [-0.25, -0.2) is 32.2 Å². The molecule has 0 amide bonds. The lowest BCUT2D eigenvalue weighted by molar-refractivity contribution is -0.347. The van der Waals surface area contributed by atoms with E-state index in [1.165, 1.54) is 7.11 Å². The zero-order valence-electron chi connectivity index (χ0n) is 16.8. The second-order valence-electron chi connectivity index (χ2n) is 8.62. The summed E-state index contributed by atoms with van der Waals surface area (Å²) in [6, 6.07) is 2.30. The zero-order valence-corrected chi connectivity index (χ0v) is 16.8. The SMILES string of the molecule is COc1ncc(C23CC(C(F)(F)[C@@](O)(Cn4cnnn4)c4ccc(F)cc4F)(C2)C3)cn1. The molecule has 0 saturated heterocycles. The minimum absolute atomic E-state index is 0.0589. The van der Waals surface area contributed by atoms with Crippen LogP contribution < -0.4 is 4.74 Å². The molecule has 3 aliphatic rings. The Kier molecular flexibility index (Phi) is 4.32. The summed E-state index contributed by atoms with van der Waals surface area (Å²) in [4.78, 5) is 8.08. The van der Waals surface area contributed by atoms with E-state index in [1.54, 1.807) is 12.4 Å². The third-order valence-corrected chi connectivity index (χ3v) is 6.80. The van der Waals surface area contributed by atoms with E-state index in [2.05, 4.69) is 25.5 Å². The maximum atomic E-state index is 16.1. The number of hydrogen-bond donors (Lipinski definition) is 1. The highest BCUT2D eigenvalue weighted by molar-refractivity contribution is 5.41. The monoisotopic (exact) mass is 450 g/mol. The van der Waals surface area contributed by atoms with Crippen LogP contribution in [0.4, 0.5) is 17.6 Å². The van der Waals surface area contributed by atoms with Gasteiger partial charge in [0.25, 0.3) is 5.92 Å². The molecule has 8 nitrogen and oxygen atoms in total. The van der Waals surface area contributed by atoms with Crippen LogP contribution in [0.3, 0.4) is 0 Å². The second-order valence-corrected chi connectivity index (χ2v) is 8.62. The number of benzene rings is 1. The van der Waals surface area contributed by atoms with Crippen molar-refractivity contribution >= 4 is 0 Å². The van der Waals surface area contributed by atoms with Gasteiger partial charge in [-0.2, -0.15) is 0 Å². The van der Waals surface area contributed by atoms with Crippen LogP contribution in [-0.4, -0.2) is 48.3 Å². The fraction of sp³-hybridized carbons (Fsp3) is 0.450. The fourth-order valence-electron chi connectivity index (χ4n) is 5.23. The summed E-state index contributed by atoms with van der Waals surface area (Å²) >= 11 is 0. The van der Waals surface area contributed by atoms with E-state index >= 15 is 8.78 Å². The number of aromatic nitrogens is 6. The van der Waals surface area contributed by atoms with E-state index in [9.17, 15) is 13.9 Å². The van der Waals surface area contributed by atoms with Gasteiger partial charge in [-0.1, -0.05) is 0 Å². The van der Waals surface area contributed by atoms with Crippen molar-refractivity contribution in [3.8, 4) is 6.01 Å². The van der Waals surface area contributed by atoms with Crippen molar-refractivity contribution in [2.45, 2.75) is 42.7 Å². The summed E-state index contributed by atoms with van der Waals surface area (Å²) in [6.45, 7) is -0.810. The zero-order chi connectivity index (χ0) is 22.8. The summed E-state index contributed by atoms with van der Waals surface area (Å²) in [5.41, 5.74) is -5.13. The Morgan fingerprint density at radius 1 is 1.16 bits per heavy atom. The average Bonchev–Trinajstić information content (AvgIpc) is 3.18. The minimum atomic E-state index is -3.78. The maximum Gasteiger partial charge on any atom is 0.316 e. The number of hydrogen-bond acceptors (Lipinski definition) is 7. The lowest BCUT2D eigenvalue weighted by Gasteiger charge is -2.74. The topological polar surface area (TPSA) is 98.8 Å². The molecule has 1 N–H and O–H groups in total. The number of rotatable bonds is 7. The van der Waals surface area contributed by atoms with Gasteiger partial charge >= 0.3 is 6.01 Å². The molecule has 0 aliphatic heterocycles. The Morgan fingerprint density at radius 3 is 2.41 bits per heavy atom. The number of aliphatic hydroxyl groups is 1. The first-order valence-electron chi connectivity index (χ1n) is 9.78. The van der Waals surface area contributed by atoms with Gasteiger partial charge in [-0.3, -0.25) is 0 Å². The highest BCUT2D eigenvalue weighted by Gasteiger charge is 2.82. The molecule has 3 aromatic rings. The Morgan fingerprint density at radius 2 is 1.84 bits per heavy atom. The standard InChI is InChI=1S/C20H18F4N6O2/c1-32-16-25-5-12(6-26-16)17-7-18(8-17,9-17)20(23,24)19(31,10-30-11-27-28-29-30)14-3-2-13(21)4-15(14)22/h2-6,11,31H,7-10H2,1H3/t17?,18?,19-/m1/s1. The molecule has 1 atom stereocenters. The number of halogens is 4. The van der Waals surface area contributed by atoms with Crippen LogP contribution in [0, 0.1) is 17.0 Å². The quantitative estimate of drug-likeness (QED) is 0.552. The van der Waals surface area contributed by atoms with Gasteiger partial charge in [0.05, 0.1) is 13.7 Å². The number of alkyl halides is 2. The number of ether oxygens (including phenoxy) is 1. The van der Waals surface area contributed by atoms with Crippen LogP contribution in [0.25, 0.3) is 0 Å². The molecule has 0 radical (unpaired) electrons. The molecule has 0 spiro atoms. The molecule has 0 unspecified atom stereocenters. The van der Waals surface area contributed by atoms with Gasteiger partial charge < -0.3 is 9.84 Å². The Hall–Kier alpha value is -3.15. The average molecular weight is 450 g/mol. The maximum absolute atomic E-state index is 16.1. The van der Waals surface area contributed by atoms with Crippen LogP contribution in [-0.2, 0) is 17.6 Å². The van der Waals surface area contributed by atoms with Gasteiger partial charge in [0.15, 0.2) is 5.60 Å². The van der Waals surface area contributed by atoms with Gasteiger partial charge in [0.1, 0.15) is 18.0 Å². The molecule has 32 heavy (non-hydrogen) atoms. The largest absolute Gasteiger partial charge is 0.467 e. The molecule has 6 rings (SSSR count).